The number of carbonyl (C=O) groups is 2. The quantitative estimate of drug-likeness (QED) is 0.528. The monoisotopic (exact) mass is 448 g/mol. The highest BCUT2D eigenvalue weighted by molar-refractivity contribution is 6.36. The molecule has 6 nitrogen and oxygen atoms in total. The van der Waals surface area contributed by atoms with Crippen molar-refractivity contribution < 1.29 is 19.1 Å². The number of methoxy groups -OCH3 is 2. The average molecular weight is 449 g/mol. The fourth-order valence-electron chi connectivity index (χ4n) is 3.53. The van der Waals surface area contributed by atoms with Gasteiger partial charge in [0.15, 0.2) is 0 Å². The number of nitrogens with zero attached hydrogens (tertiary/aromatic N) is 1. The van der Waals surface area contributed by atoms with Crippen LogP contribution in [0, 0.1) is 0 Å². The second-order valence-electron chi connectivity index (χ2n) is 7.13. The second kappa shape index (κ2) is 9.16. The van der Waals surface area contributed by atoms with Crippen LogP contribution in [0.4, 0.5) is 5.69 Å². The second-order valence-corrected chi connectivity index (χ2v) is 7.57. The molecule has 0 aliphatic carbocycles. The lowest BCUT2D eigenvalue weighted by atomic mass is 10.0. The first kappa shape index (κ1) is 21.5. The minimum atomic E-state index is -0.423. The molecule has 0 atom stereocenters. The van der Waals surface area contributed by atoms with Crippen LogP contribution in [0.15, 0.2) is 78.5 Å². The van der Waals surface area contributed by atoms with Crippen molar-refractivity contribution in [2.24, 2.45) is 0 Å². The maximum absolute atomic E-state index is 13.4. The molecular weight excluding hydrogens is 428 g/mol. The Balaban J connectivity index is 1.78. The van der Waals surface area contributed by atoms with E-state index >= 15 is 0 Å². The number of halogens is 1. The molecule has 0 fully saturated rings. The standard InChI is InChI=1S/C25H21ClN2O4/c1-31-19-12-13-21(32-2)20(14-19)27-23-22(17-8-10-18(26)11-9-17)24(29)28(25(23)30)15-16-6-4-3-5-7-16/h3-14,27H,15H2,1-2H3. The summed E-state index contributed by atoms with van der Waals surface area (Å²) in [6.45, 7) is 0.163. The van der Waals surface area contributed by atoms with E-state index < -0.39 is 5.91 Å². The maximum atomic E-state index is 13.4. The number of imide groups is 1. The van der Waals surface area contributed by atoms with Crippen molar-refractivity contribution in [3.05, 3.63) is 94.6 Å². The molecule has 0 saturated heterocycles. The molecule has 1 aliphatic rings. The summed E-state index contributed by atoms with van der Waals surface area (Å²) in [5.41, 5.74) is 2.39. The predicted octanol–water partition coefficient (Wildman–Crippen LogP) is 4.75. The van der Waals surface area contributed by atoms with E-state index in [4.69, 9.17) is 21.1 Å². The van der Waals surface area contributed by atoms with Gasteiger partial charge in [-0.25, -0.2) is 0 Å². The van der Waals surface area contributed by atoms with Gasteiger partial charge in [-0.2, -0.15) is 0 Å². The van der Waals surface area contributed by atoms with Gasteiger partial charge in [-0.1, -0.05) is 54.1 Å². The zero-order chi connectivity index (χ0) is 22.7. The first-order chi connectivity index (χ1) is 15.5. The van der Waals surface area contributed by atoms with Gasteiger partial charge in [0.05, 0.1) is 32.0 Å². The Labute approximate surface area is 191 Å². The molecule has 0 aromatic heterocycles. The SMILES string of the molecule is COc1ccc(OC)c(NC2=C(c3ccc(Cl)cc3)C(=O)N(Cc3ccccc3)C2=O)c1. The lowest BCUT2D eigenvalue weighted by Crippen LogP contribution is -2.32. The molecule has 0 spiro atoms. The van der Waals surface area contributed by atoms with Gasteiger partial charge < -0.3 is 14.8 Å². The molecule has 0 saturated carbocycles. The number of hydrogen-bond donors (Lipinski definition) is 1. The van der Waals surface area contributed by atoms with Crippen LogP contribution in [0.2, 0.25) is 5.02 Å². The summed E-state index contributed by atoms with van der Waals surface area (Å²) < 4.78 is 10.7. The third-order valence-corrected chi connectivity index (χ3v) is 5.40. The van der Waals surface area contributed by atoms with Gasteiger partial charge in [-0.05, 0) is 35.4 Å². The minimum absolute atomic E-state index is 0.163. The number of anilines is 1. The van der Waals surface area contributed by atoms with Crippen molar-refractivity contribution in [2.75, 3.05) is 19.5 Å². The van der Waals surface area contributed by atoms with Crippen LogP contribution in [-0.4, -0.2) is 30.9 Å². The van der Waals surface area contributed by atoms with Crippen LogP contribution < -0.4 is 14.8 Å². The fraction of sp³-hybridized carbons (Fsp3) is 0.120. The van der Waals surface area contributed by atoms with E-state index in [1.165, 1.54) is 12.0 Å². The highest BCUT2D eigenvalue weighted by atomic mass is 35.5. The van der Waals surface area contributed by atoms with Gasteiger partial charge in [-0.3, -0.25) is 14.5 Å². The third kappa shape index (κ3) is 4.18. The van der Waals surface area contributed by atoms with E-state index in [0.29, 0.717) is 27.8 Å². The maximum Gasteiger partial charge on any atom is 0.278 e. The van der Waals surface area contributed by atoms with E-state index in [1.807, 2.05) is 30.3 Å². The highest BCUT2D eigenvalue weighted by Gasteiger charge is 2.39. The van der Waals surface area contributed by atoms with Crippen LogP contribution in [-0.2, 0) is 16.1 Å². The number of nitrogens with one attached hydrogen (secondary N) is 1. The van der Waals surface area contributed by atoms with Gasteiger partial charge in [0.25, 0.3) is 11.8 Å². The van der Waals surface area contributed by atoms with E-state index in [1.54, 1.807) is 49.6 Å². The van der Waals surface area contributed by atoms with Gasteiger partial charge in [0.2, 0.25) is 0 Å². The zero-order valence-corrected chi connectivity index (χ0v) is 18.3. The Morgan fingerprint density at radius 3 is 2.25 bits per heavy atom. The molecule has 0 unspecified atom stereocenters. The van der Waals surface area contributed by atoms with Crippen LogP contribution in [0.3, 0.4) is 0 Å². The van der Waals surface area contributed by atoms with Gasteiger partial charge in [0, 0.05) is 11.1 Å². The number of amides is 2. The first-order valence-corrected chi connectivity index (χ1v) is 10.3. The van der Waals surface area contributed by atoms with Crippen LogP contribution >= 0.6 is 11.6 Å². The van der Waals surface area contributed by atoms with Gasteiger partial charge >= 0.3 is 0 Å². The zero-order valence-electron chi connectivity index (χ0n) is 17.6. The van der Waals surface area contributed by atoms with Crippen LogP contribution in [0.25, 0.3) is 5.57 Å². The molecule has 0 bridgehead atoms. The normalized spacial score (nSPS) is 13.5. The molecule has 32 heavy (non-hydrogen) atoms. The predicted molar refractivity (Wildman–Crippen MR) is 124 cm³/mol. The largest absolute Gasteiger partial charge is 0.497 e. The highest BCUT2D eigenvalue weighted by Crippen LogP contribution is 2.36. The van der Waals surface area contributed by atoms with Crippen molar-refractivity contribution in [3.8, 4) is 11.5 Å². The Hall–Kier alpha value is -3.77. The van der Waals surface area contributed by atoms with E-state index in [2.05, 4.69) is 5.32 Å². The summed E-state index contributed by atoms with van der Waals surface area (Å²) in [5, 5.41) is 3.66. The van der Waals surface area contributed by atoms with Gasteiger partial charge in [-0.15, -0.1) is 0 Å². The van der Waals surface area contributed by atoms with Crippen molar-refractivity contribution in [1.29, 1.82) is 0 Å². The fourth-order valence-corrected chi connectivity index (χ4v) is 3.66. The lowest BCUT2D eigenvalue weighted by Gasteiger charge is -2.16. The van der Waals surface area contributed by atoms with Crippen LogP contribution in [0.1, 0.15) is 11.1 Å². The van der Waals surface area contributed by atoms with Crippen molar-refractivity contribution in [3.63, 3.8) is 0 Å². The third-order valence-electron chi connectivity index (χ3n) is 5.15. The summed E-state index contributed by atoms with van der Waals surface area (Å²) in [7, 11) is 3.08. The Kier molecular flexibility index (Phi) is 6.14. The molecule has 3 aromatic carbocycles. The topological polar surface area (TPSA) is 67.9 Å². The summed E-state index contributed by atoms with van der Waals surface area (Å²) in [4.78, 5) is 28.0. The van der Waals surface area contributed by atoms with Crippen LogP contribution in [0.5, 0.6) is 11.5 Å². The van der Waals surface area contributed by atoms with E-state index in [-0.39, 0.29) is 23.7 Å². The average Bonchev–Trinajstić information content (AvgIpc) is 3.04. The Bertz CT molecular complexity index is 1190. The van der Waals surface area contributed by atoms with Crippen molar-refractivity contribution in [2.45, 2.75) is 6.54 Å². The number of ether oxygens (including phenoxy) is 2. The molecular formula is C25H21ClN2O4. The molecule has 7 heteroatoms. The Morgan fingerprint density at radius 1 is 0.875 bits per heavy atom. The van der Waals surface area contributed by atoms with Gasteiger partial charge in [0.1, 0.15) is 17.2 Å². The Morgan fingerprint density at radius 2 is 1.59 bits per heavy atom. The smallest absolute Gasteiger partial charge is 0.278 e. The number of carbonyl (C=O) groups excluding carboxylic acids is 2. The molecule has 2 amide bonds. The summed E-state index contributed by atoms with van der Waals surface area (Å²) in [6, 6.07) is 21.4. The molecule has 1 aliphatic heterocycles. The van der Waals surface area contributed by atoms with Crippen molar-refractivity contribution in [1.82, 2.24) is 4.90 Å². The molecule has 3 aromatic rings. The minimum Gasteiger partial charge on any atom is -0.497 e. The number of rotatable bonds is 7. The van der Waals surface area contributed by atoms with Crippen molar-refractivity contribution >= 4 is 34.7 Å². The van der Waals surface area contributed by atoms with E-state index in [0.717, 1.165) is 5.56 Å². The molecule has 1 N–H and O–H groups in total. The first-order valence-electron chi connectivity index (χ1n) is 9.91. The lowest BCUT2D eigenvalue weighted by molar-refractivity contribution is -0.137. The molecule has 1 heterocycles. The summed E-state index contributed by atoms with van der Waals surface area (Å²) >= 11 is 6.03. The molecule has 162 valence electrons. The molecule has 4 rings (SSSR count). The number of benzene rings is 3. The van der Waals surface area contributed by atoms with E-state index in [9.17, 15) is 9.59 Å². The molecule has 0 radical (unpaired) electrons. The number of hydrogen-bond acceptors (Lipinski definition) is 5. The summed E-state index contributed by atoms with van der Waals surface area (Å²) in [5.74, 6) is 0.287. The summed E-state index contributed by atoms with van der Waals surface area (Å²) in [6.07, 6.45) is 0.